The predicted octanol–water partition coefficient (Wildman–Crippen LogP) is 11.3. The number of aromatic nitrogens is 10. The number of fused-ring (bicyclic) bond motifs is 2. The molecule has 0 aliphatic carbocycles. The van der Waals surface area contributed by atoms with Gasteiger partial charge in [0.1, 0.15) is 66.1 Å². The van der Waals surface area contributed by atoms with Gasteiger partial charge in [-0.15, -0.1) is 11.6 Å². The lowest BCUT2D eigenvalue weighted by atomic mass is 10.2. The number of hydrogen-bond acceptors (Lipinski definition) is 10. The van der Waals surface area contributed by atoms with E-state index in [1.165, 1.54) is 18.2 Å². The fourth-order valence-corrected chi connectivity index (χ4v) is 7.32. The minimum atomic E-state index is -0.332. The van der Waals surface area contributed by atoms with Crippen molar-refractivity contribution in [2.75, 3.05) is 12.5 Å². The summed E-state index contributed by atoms with van der Waals surface area (Å²) in [7, 11) is 0. The van der Waals surface area contributed by atoms with Crippen molar-refractivity contribution in [2.24, 2.45) is 0 Å². The highest BCUT2D eigenvalue weighted by Gasteiger charge is 2.13. The van der Waals surface area contributed by atoms with Crippen LogP contribution in [0.3, 0.4) is 0 Å². The van der Waals surface area contributed by atoms with Crippen LogP contribution < -0.4 is 14.2 Å². The first-order valence-corrected chi connectivity index (χ1v) is 22.6. The molecule has 10 rings (SSSR count). The molecule has 14 nitrogen and oxygen atoms in total. The molecule has 0 radical (unpaired) electrons. The van der Waals surface area contributed by atoms with Crippen molar-refractivity contribution in [1.82, 2.24) is 49.0 Å². The maximum Gasteiger partial charge on any atom is 0.178 e. The number of imidazole rings is 4. The van der Waals surface area contributed by atoms with Crippen LogP contribution in [0.1, 0.15) is 11.1 Å². The maximum atomic E-state index is 14.0. The topological polar surface area (TPSA) is 167 Å². The third-order valence-corrected chi connectivity index (χ3v) is 10.7. The van der Waals surface area contributed by atoms with Gasteiger partial charge in [0.2, 0.25) is 0 Å². The highest BCUT2D eigenvalue weighted by molar-refractivity contribution is 9.10. The van der Waals surface area contributed by atoms with Crippen LogP contribution in [0, 0.1) is 11.6 Å². The maximum absolute atomic E-state index is 14.0. The molecule has 4 aromatic carbocycles. The molecule has 10 aromatic rings. The molecule has 0 aliphatic heterocycles. The van der Waals surface area contributed by atoms with E-state index in [9.17, 15) is 13.9 Å². The normalized spacial score (nSPS) is 10.9. The quantitative estimate of drug-likeness (QED) is 0.0892. The van der Waals surface area contributed by atoms with E-state index in [-0.39, 0.29) is 30.6 Å². The van der Waals surface area contributed by atoms with E-state index in [4.69, 9.17) is 25.8 Å². The van der Waals surface area contributed by atoms with Crippen LogP contribution in [0.4, 0.5) is 8.78 Å². The molecular weight excluding hydrogens is 1010 g/mol. The SMILES string of the molecule is ClCCn1ccnc1.Fc1ccccc1COc1cc(OCCn2ccnc2)cc(-c2nc3ncc(Br)cc3[nH]2)c1.Oc1cc(OCc2ccccc2F)cc(-c2nc3ncc(Br)cc3[nH]2)c1. The van der Waals surface area contributed by atoms with Gasteiger partial charge in [-0.2, -0.15) is 0 Å². The lowest BCUT2D eigenvalue weighted by molar-refractivity contribution is 0.284. The van der Waals surface area contributed by atoms with E-state index in [2.05, 4.69) is 71.7 Å². The number of aryl methyl sites for hydroxylation is 1. The fourth-order valence-electron chi connectivity index (χ4n) is 6.46. The Kier molecular flexibility index (Phi) is 15.5. The average molecular weight is 1050 g/mol. The first-order chi connectivity index (χ1) is 32.6. The van der Waals surface area contributed by atoms with Crippen molar-refractivity contribution in [2.45, 2.75) is 26.3 Å². The Labute approximate surface area is 403 Å². The minimum absolute atomic E-state index is 0.0284. The number of alkyl halides is 1. The van der Waals surface area contributed by atoms with Gasteiger partial charge in [-0.1, -0.05) is 36.4 Å². The molecule has 0 bridgehead atoms. The molecule has 0 fully saturated rings. The zero-order chi connectivity index (χ0) is 46.5. The van der Waals surface area contributed by atoms with E-state index in [1.54, 1.807) is 92.0 Å². The molecule has 0 saturated carbocycles. The van der Waals surface area contributed by atoms with E-state index < -0.39 is 0 Å². The van der Waals surface area contributed by atoms with Crippen molar-refractivity contribution in [3.8, 4) is 45.8 Å². The van der Waals surface area contributed by atoms with Gasteiger partial charge in [0.25, 0.3) is 0 Å². The van der Waals surface area contributed by atoms with Crippen molar-refractivity contribution in [3.63, 3.8) is 0 Å². The van der Waals surface area contributed by atoms with E-state index in [0.717, 1.165) is 32.1 Å². The summed E-state index contributed by atoms with van der Waals surface area (Å²) in [6, 6.07) is 27.0. The molecule has 0 spiro atoms. The number of halogens is 5. The number of aromatic amines is 2. The summed E-state index contributed by atoms with van der Waals surface area (Å²) in [5, 5.41) is 10.0. The first kappa shape index (κ1) is 46.4. The zero-order valence-electron chi connectivity index (χ0n) is 35.2. The van der Waals surface area contributed by atoms with Gasteiger partial charge in [-0.3, -0.25) is 0 Å². The molecule has 340 valence electrons. The van der Waals surface area contributed by atoms with Gasteiger partial charge in [-0.25, -0.2) is 38.7 Å². The summed E-state index contributed by atoms with van der Waals surface area (Å²) in [6.45, 7) is 2.10. The summed E-state index contributed by atoms with van der Waals surface area (Å²) in [4.78, 5) is 31.9. The largest absolute Gasteiger partial charge is 0.508 e. The number of ether oxygens (including phenoxy) is 3. The Morgan fingerprint density at radius 1 is 0.612 bits per heavy atom. The van der Waals surface area contributed by atoms with Gasteiger partial charge >= 0.3 is 0 Å². The number of nitrogens with one attached hydrogen (secondary N) is 2. The highest BCUT2D eigenvalue weighted by Crippen LogP contribution is 2.32. The van der Waals surface area contributed by atoms with Crippen LogP contribution in [0.5, 0.6) is 23.0 Å². The fraction of sp³-hybridized carbons (Fsp3) is 0.125. The number of nitrogens with zero attached hydrogens (tertiary/aromatic N) is 8. The van der Waals surface area contributed by atoms with Crippen LogP contribution in [-0.2, 0) is 26.3 Å². The lowest BCUT2D eigenvalue weighted by Gasteiger charge is -2.12. The molecule has 6 aromatic heterocycles. The number of benzene rings is 4. The van der Waals surface area contributed by atoms with Crippen LogP contribution in [0.2, 0.25) is 0 Å². The molecule has 0 saturated heterocycles. The summed E-state index contributed by atoms with van der Waals surface area (Å²) < 4.78 is 50.9. The molecule has 6 heterocycles. The molecule has 19 heteroatoms. The number of hydrogen-bond donors (Lipinski definition) is 3. The molecule has 0 atom stereocenters. The van der Waals surface area contributed by atoms with E-state index >= 15 is 0 Å². The third-order valence-electron chi connectivity index (χ3n) is 9.71. The minimum Gasteiger partial charge on any atom is -0.508 e. The van der Waals surface area contributed by atoms with Gasteiger partial charge in [0, 0.05) is 92.9 Å². The Morgan fingerprint density at radius 2 is 1.10 bits per heavy atom. The van der Waals surface area contributed by atoms with Crippen LogP contribution >= 0.6 is 43.5 Å². The number of phenols is 1. The van der Waals surface area contributed by atoms with Crippen molar-refractivity contribution in [3.05, 3.63) is 179 Å². The Morgan fingerprint density at radius 3 is 1.61 bits per heavy atom. The van der Waals surface area contributed by atoms with Crippen LogP contribution in [0.25, 0.3) is 45.1 Å². The number of pyridine rings is 2. The third kappa shape index (κ3) is 12.8. The van der Waals surface area contributed by atoms with Gasteiger partial charge < -0.3 is 38.4 Å². The molecule has 0 unspecified atom stereocenters. The summed E-state index contributed by atoms with van der Waals surface area (Å²) >= 11 is 12.2. The number of H-pyrrole nitrogens is 2. The Balaban J connectivity index is 0.000000159. The van der Waals surface area contributed by atoms with Crippen LogP contribution in [0.15, 0.2) is 156 Å². The molecular formula is C48H39Br2ClF2N10O4. The Bertz CT molecular complexity index is 3190. The van der Waals surface area contributed by atoms with Gasteiger partial charge in [0.05, 0.1) is 30.2 Å². The van der Waals surface area contributed by atoms with Crippen molar-refractivity contribution in [1.29, 1.82) is 0 Å². The second kappa shape index (κ2) is 22.4. The first-order valence-electron chi connectivity index (χ1n) is 20.5. The van der Waals surface area contributed by atoms with Crippen molar-refractivity contribution < 1.29 is 28.1 Å². The average Bonchev–Trinajstić information content (AvgIpc) is 4.18. The van der Waals surface area contributed by atoms with Gasteiger partial charge in [-0.05, 0) is 80.4 Å². The second-order valence-corrected chi connectivity index (χ2v) is 16.7. The van der Waals surface area contributed by atoms with Crippen LogP contribution in [-0.4, -0.2) is 66.6 Å². The molecule has 67 heavy (non-hydrogen) atoms. The summed E-state index contributed by atoms with van der Waals surface area (Å²) in [6.07, 6.45) is 14.1. The monoisotopic (exact) mass is 1050 g/mol. The molecule has 0 amide bonds. The van der Waals surface area contributed by atoms with E-state index in [0.29, 0.717) is 75.9 Å². The number of rotatable bonds is 14. The summed E-state index contributed by atoms with van der Waals surface area (Å²) in [5.41, 5.74) is 5.08. The summed E-state index contributed by atoms with van der Waals surface area (Å²) in [5.74, 6) is 2.80. The Hall–Kier alpha value is -7.15. The second-order valence-electron chi connectivity index (χ2n) is 14.5. The van der Waals surface area contributed by atoms with Crippen molar-refractivity contribution >= 4 is 65.8 Å². The number of aromatic hydroxyl groups is 1. The highest BCUT2D eigenvalue weighted by atomic mass is 79.9. The smallest absolute Gasteiger partial charge is 0.178 e. The zero-order valence-corrected chi connectivity index (χ0v) is 39.2. The lowest BCUT2D eigenvalue weighted by Crippen LogP contribution is -2.07. The predicted molar refractivity (Wildman–Crippen MR) is 258 cm³/mol. The number of phenolic OH excluding ortho intramolecular Hbond substituents is 1. The standard InChI is InChI=1S/C24H19BrFN5O2.C19H13BrFN3O2.C5H7ClN2/c25-18-11-22-24(28-13-18)30-23(29-22)17-9-19(32-8-7-31-6-5-27-15-31)12-20(10-17)33-14-16-3-1-2-4-21(16)26;20-13-7-17-19(22-9-13)24-18(23-17)12-5-14(25)8-15(6-12)26-10-11-3-1-2-4-16(11)21;6-1-3-8-4-2-7-5-8/h1-6,9-13,15H,7-8,14H2,(H,28,29,30);1-9,25H,10H2,(H,22,23,24);2,4-5H,1,3H2. The molecule has 3 N–H and O–H groups in total. The molecule has 0 aliphatic rings. The van der Waals surface area contributed by atoms with E-state index in [1.807, 2.05) is 45.8 Å². The van der Waals surface area contributed by atoms with Gasteiger partial charge in [0.15, 0.2) is 11.3 Å².